The molecule has 6 nitrogen and oxygen atoms in total. The Hall–Kier alpha value is -0.960. The minimum atomic E-state index is -3.67. The van der Waals surface area contributed by atoms with E-state index in [1.807, 2.05) is 6.92 Å². The monoisotopic (exact) mass is 375 g/mol. The molecule has 8 heteroatoms. The molecule has 2 atom stereocenters. The summed E-state index contributed by atoms with van der Waals surface area (Å²) in [6.45, 7) is 2.72. The number of hydrogen-bond acceptors (Lipinski definition) is 4. The van der Waals surface area contributed by atoms with Gasteiger partial charge in [0.15, 0.2) is 0 Å². The lowest BCUT2D eigenvalue weighted by Gasteiger charge is -2.21. The number of carbonyl (C=O) groups excluding carboxylic acids is 1. The Labute approximate surface area is 132 Å². The maximum atomic E-state index is 12.7. The van der Waals surface area contributed by atoms with Crippen LogP contribution in [0, 0.1) is 5.92 Å². The van der Waals surface area contributed by atoms with Gasteiger partial charge in [0.25, 0.3) is 0 Å². The van der Waals surface area contributed by atoms with Crippen molar-refractivity contribution in [1.82, 2.24) is 4.31 Å². The standard InChI is InChI=1S/C13H18BrN3O3S/c1-8-2-9(6-15)7-17(8)21(19,20)12-4-10(13(16)18)3-11(14)5-12/h3-5,8-9H,2,6-7,15H2,1H3,(H2,16,18). The van der Waals surface area contributed by atoms with Crippen LogP contribution < -0.4 is 11.5 Å². The first-order valence-corrected chi connectivity index (χ1v) is 8.81. The van der Waals surface area contributed by atoms with Crippen LogP contribution in [0.5, 0.6) is 0 Å². The minimum absolute atomic E-state index is 0.0650. The summed E-state index contributed by atoms with van der Waals surface area (Å²) in [6.07, 6.45) is 0.742. The normalized spacial score (nSPS) is 23.4. The number of nitrogens with zero attached hydrogens (tertiary/aromatic N) is 1. The number of halogens is 1. The summed E-state index contributed by atoms with van der Waals surface area (Å²) in [6, 6.07) is 4.17. The predicted octanol–water partition coefficient (Wildman–Crippen LogP) is 0.906. The molecule has 1 aliphatic rings. The number of hydrogen-bond donors (Lipinski definition) is 2. The fourth-order valence-electron chi connectivity index (χ4n) is 2.60. The van der Waals surface area contributed by atoms with Crippen LogP contribution in [0.25, 0.3) is 0 Å². The molecule has 4 N–H and O–H groups in total. The highest BCUT2D eigenvalue weighted by molar-refractivity contribution is 9.10. The van der Waals surface area contributed by atoms with Gasteiger partial charge in [-0.25, -0.2) is 8.42 Å². The summed E-state index contributed by atoms with van der Waals surface area (Å²) < 4.78 is 27.4. The van der Waals surface area contributed by atoms with Crippen molar-refractivity contribution >= 4 is 31.9 Å². The molecule has 21 heavy (non-hydrogen) atoms. The Morgan fingerprint density at radius 3 is 2.62 bits per heavy atom. The quantitative estimate of drug-likeness (QED) is 0.814. The van der Waals surface area contributed by atoms with Gasteiger partial charge in [-0.05, 0) is 44.0 Å². The van der Waals surface area contributed by atoms with Gasteiger partial charge in [-0.1, -0.05) is 15.9 Å². The number of benzene rings is 1. The fraction of sp³-hybridized carbons (Fsp3) is 0.462. The molecule has 116 valence electrons. The van der Waals surface area contributed by atoms with E-state index in [9.17, 15) is 13.2 Å². The lowest BCUT2D eigenvalue weighted by Crippen LogP contribution is -2.34. The Bertz CT molecular complexity index is 663. The molecule has 0 spiro atoms. The molecular formula is C13H18BrN3O3S. The maximum Gasteiger partial charge on any atom is 0.248 e. The third-order valence-electron chi connectivity index (χ3n) is 3.70. The van der Waals surface area contributed by atoms with E-state index < -0.39 is 15.9 Å². The van der Waals surface area contributed by atoms with Crippen LogP contribution in [0.2, 0.25) is 0 Å². The second kappa shape index (κ2) is 6.04. The maximum absolute atomic E-state index is 12.7. The summed E-state index contributed by atoms with van der Waals surface area (Å²) in [5.41, 5.74) is 11.0. The molecule has 1 aromatic carbocycles. The molecule has 0 aliphatic carbocycles. The molecule has 1 aromatic rings. The molecule has 1 aliphatic heterocycles. The number of carbonyl (C=O) groups is 1. The average molecular weight is 376 g/mol. The third-order valence-corrected chi connectivity index (χ3v) is 6.12. The Balaban J connectivity index is 2.43. The molecule has 0 saturated carbocycles. The van der Waals surface area contributed by atoms with Crippen molar-refractivity contribution in [2.45, 2.75) is 24.3 Å². The number of primary amides is 1. The van der Waals surface area contributed by atoms with Crippen LogP contribution >= 0.6 is 15.9 Å². The van der Waals surface area contributed by atoms with Crippen LogP contribution in [0.3, 0.4) is 0 Å². The lowest BCUT2D eigenvalue weighted by molar-refractivity contribution is 0.1000. The van der Waals surface area contributed by atoms with Crippen molar-refractivity contribution in [3.8, 4) is 0 Å². The van der Waals surface area contributed by atoms with Crippen LogP contribution in [0.15, 0.2) is 27.6 Å². The fourth-order valence-corrected chi connectivity index (χ4v) is 5.04. The average Bonchev–Trinajstić information content (AvgIpc) is 2.80. The van der Waals surface area contributed by atoms with Gasteiger partial charge < -0.3 is 11.5 Å². The first-order chi connectivity index (χ1) is 9.75. The van der Waals surface area contributed by atoms with Crippen molar-refractivity contribution in [3.63, 3.8) is 0 Å². The zero-order valence-corrected chi connectivity index (χ0v) is 14.0. The van der Waals surface area contributed by atoms with Gasteiger partial charge in [0.1, 0.15) is 0 Å². The van der Waals surface area contributed by atoms with Gasteiger partial charge in [-0.3, -0.25) is 4.79 Å². The molecular weight excluding hydrogens is 358 g/mol. The Morgan fingerprint density at radius 1 is 1.43 bits per heavy atom. The molecule has 0 radical (unpaired) electrons. The topological polar surface area (TPSA) is 106 Å². The van der Waals surface area contributed by atoms with Crippen molar-refractivity contribution in [1.29, 1.82) is 0 Å². The Morgan fingerprint density at radius 2 is 2.10 bits per heavy atom. The smallest absolute Gasteiger partial charge is 0.248 e. The minimum Gasteiger partial charge on any atom is -0.366 e. The Kier molecular flexibility index (Phi) is 4.72. The van der Waals surface area contributed by atoms with Gasteiger partial charge in [0, 0.05) is 22.6 Å². The van der Waals surface area contributed by atoms with Gasteiger partial charge in [0.05, 0.1) is 4.90 Å². The van der Waals surface area contributed by atoms with Gasteiger partial charge in [-0.2, -0.15) is 4.31 Å². The predicted molar refractivity (Wildman–Crippen MR) is 83.2 cm³/mol. The first kappa shape index (κ1) is 16.4. The van der Waals surface area contributed by atoms with E-state index in [1.54, 1.807) is 0 Å². The largest absolute Gasteiger partial charge is 0.366 e. The highest BCUT2D eigenvalue weighted by Crippen LogP contribution is 2.30. The van der Waals surface area contributed by atoms with E-state index >= 15 is 0 Å². The van der Waals surface area contributed by atoms with Crippen molar-refractivity contribution in [2.24, 2.45) is 17.4 Å². The highest BCUT2D eigenvalue weighted by atomic mass is 79.9. The molecule has 1 saturated heterocycles. The SMILES string of the molecule is CC1CC(CN)CN1S(=O)(=O)c1cc(Br)cc(C(N)=O)c1. The molecule has 0 aromatic heterocycles. The zero-order chi connectivity index (χ0) is 15.8. The number of nitrogens with two attached hydrogens (primary N) is 2. The summed E-state index contributed by atoms with van der Waals surface area (Å²) in [7, 11) is -3.67. The second-order valence-electron chi connectivity index (χ2n) is 5.30. The number of sulfonamides is 1. The van der Waals surface area contributed by atoms with E-state index in [0.717, 1.165) is 6.42 Å². The molecule has 1 heterocycles. The number of rotatable bonds is 4. The van der Waals surface area contributed by atoms with Crippen LogP contribution in [-0.4, -0.2) is 37.8 Å². The van der Waals surface area contributed by atoms with Gasteiger partial charge in [-0.15, -0.1) is 0 Å². The summed E-state index contributed by atoms with van der Waals surface area (Å²) in [5.74, 6) is -0.500. The molecule has 2 rings (SSSR count). The molecule has 1 fully saturated rings. The third kappa shape index (κ3) is 3.28. The van der Waals surface area contributed by atoms with Crippen molar-refractivity contribution in [3.05, 3.63) is 28.2 Å². The lowest BCUT2D eigenvalue weighted by atomic mass is 10.1. The van der Waals surface area contributed by atoms with Crippen molar-refractivity contribution < 1.29 is 13.2 Å². The second-order valence-corrected chi connectivity index (χ2v) is 8.11. The van der Waals surface area contributed by atoms with Crippen molar-refractivity contribution in [2.75, 3.05) is 13.1 Å². The summed E-state index contributed by atoms with van der Waals surface area (Å²) >= 11 is 3.21. The molecule has 1 amide bonds. The van der Waals surface area contributed by atoms with Gasteiger partial charge in [0.2, 0.25) is 15.9 Å². The van der Waals surface area contributed by atoms with E-state index in [2.05, 4.69) is 15.9 Å². The van der Waals surface area contributed by atoms with E-state index in [4.69, 9.17) is 11.5 Å². The zero-order valence-electron chi connectivity index (χ0n) is 11.6. The first-order valence-electron chi connectivity index (χ1n) is 6.58. The molecule has 2 unspecified atom stereocenters. The highest BCUT2D eigenvalue weighted by Gasteiger charge is 2.37. The van der Waals surface area contributed by atoms with Crippen LogP contribution in [0.1, 0.15) is 23.7 Å². The molecule has 0 bridgehead atoms. The van der Waals surface area contributed by atoms with Crippen LogP contribution in [0.4, 0.5) is 0 Å². The summed E-state index contributed by atoms with van der Waals surface area (Å²) in [4.78, 5) is 11.4. The van der Waals surface area contributed by atoms with Gasteiger partial charge >= 0.3 is 0 Å². The number of amides is 1. The summed E-state index contributed by atoms with van der Waals surface area (Å²) in [5, 5.41) is 0. The van der Waals surface area contributed by atoms with E-state index in [0.29, 0.717) is 17.6 Å². The van der Waals surface area contributed by atoms with E-state index in [1.165, 1.54) is 22.5 Å². The van der Waals surface area contributed by atoms with E-state index in [-0.39, 0.29) is 22.4 Å². The van der Waals surface area contributed by atoms with Crippen LogP contribution in [-0.2, 0) is 10.0 Å².